The highest BCUT2D eigenvalue weighted by Gasteiger charge is 2.36. The largest absolute Gasteiger partial charge is 0.383 e. The molecule has 0 aromatic heterocycles. The molecular formula is C14H27NO. The van der Waals surface area contributed by atoms with Crippen molar-refractivity contribution >= 4 is 0 Å². The zero-order chi connectivity index (χ0) is 11.4. The lowest BCUT2D eigenvalue weighted by molar-refractivity contribution is 0.132. The topological polar surface area (TPSA) is 21.3 Å². The first kappa shape index (κ1) is 12.4. The Morgan fingerprint density at radius 2 is 1.81 bits per heavy atom. The summed E-state index contributed by atoms with van der Waals surface area (Å²) in [5, 5.41) is 3.91. The Bertz CT molecular complexity index is 205. The minimum absolute atomic E-state index is 0.377. The molecule has 0 bridgehead atoms. The molecule has 1 unspecified atom stereocenters. The highest BCUT2D eigenvalue weighted by atomic mass is 16.5. The summed E-state index contributed by atoms with van der Waals surface area (Å²) in [6.07, 6.45) is 11.1. The van der Waals surface area contributed by atoms with E-state index in [4.69, 9.17) is 4.74 Å². The van der Waals surface area contributed by atoms with Crippen LogP contribution < -0.4 is 5.32 Å². The SMILES string of the molecule is COCC(NC1(C)CCCCCC1)C1CC1. The third-order valence-corrected chi connectivity index (χ3v) is 4.28. The minimum atomic E-state index is 0.377. The predicted molar refractivity (Wildman–Crippen MR) is 67.6 cm³/mol. The van der Waals surface area contributed by atoms with Gasteiger partial charge in [-0.25, -0.2) is 0 Å². The number of methoxy groups -OCH3 is 1. The first-order chi connectivity index (χ1) is 7.73. The van der Waals surface area contributed by atoms with Gasteiger partial charge in [0.1, 0.15) is 0 Å². The number of rotatable bonds is 5. The first-order valence-corrected chi connectivity index (χ1v) is 7.00. The quantitative estimate of drug-likeness (QED) is 0.726. The molecule has 16 heavy (non-hydrogen) atoms. The van der Waals surface area contributed by atoms with E-state index in [1.807, 2.05) is 7.11 Å². The maximum atomic E-state index is 5.36. The molecule has 0 heterocycles. The molecule has 2 rings (SSSR count). The van der Waals surface area contributed by atoms with E-state index in [1.54, 1.807) is 0 Å². The minimum Gasteiger partial charge on any atom is -0.383 e. The fourth-order valence-corrected chi connectivity index (χ4v) is 3.07. The second kappa shape index (κ2) is 5.50. The van der Waals surface area contributed by atoms with Crippen molar-refractivity contribution < 1.29 is 4.74 Å². The van der Waals surface area contributed by atoms with Gasteiger partial charge < -0.3 is 10.1 Å². The maximum Gasteiger partial charge on any atom is 0.0618 e. The molecule has 2 heteroatoms. The van der Waals surface area contributed by atoms with Gasteiger partial charge in [0.25, 0.3) is 0 Å². The van der Waals surface area contributed by atoms with Crippen molar-refractivity contribution in [3.8, 4) is 0 Å². The summed E-state index contributed by atoms with van der Waals surface area (Å²) in [7, 11) is 1.83. The van der Waals surface area contributed by atoms with E-state index in [1.165, 1.54) is 51.4 Å². The van der Waals surface area contributed by atoms with E-state index >= 15 is 0 Å². The molecule has 94 valence electrons. The highest BCUT2D eigenvalue weighted by molar-refractivity contribution is 4.94. The predicted octanol–water partition coefficient (Wildman–Crippen LogP) is 3.11. The summed E-state index contributed by atoms with van der Waals surface area (Å²) in [5.74, 6) is 0.889. The standard InChI is InChI=1S/C14H27NO/c1-14(9-5-3-4-6-10-14)15-13(11-16-2)12-7-8-12/h12-13,15H,3-11H2,1-2H3. The number of hydrogen-bond acceptors (Lipinski definition) is 2. The van der Waals surface area contributed by atoms with Crippen molar-refractivity contribution in [1.29, 1.82) is 0 Å². The highest BCUT2D eigenvalue weighted by Crippen LogP contribution is 2.35. The van der Waals surface area contributed by atoms with Crippen LogP contribution in [0.3, 0.4) is 0 Å². The Labute approximate surface area is 100 Å². The van der Waals surface area contributed by atoms with E-state index in [2.05, 4.69) is 12.2 Å². The van der Waals surface area contributed by atoms with Crippen LogP contribution in [0, 0.1) is 5.92 Å². The van der Waals surface area contributed by atoms with Gasteiger partial charge in [-0.05, 0) is 38.5 Å². The van der Waals surface area contributed by atoms with Gasteiger partial charge in [-0.15, -0.1) is 0 Å². The summed E-state index contributed by atoms with van der Waals surface area (Å²) in [6.45, 7) is 3.31. The van der Waals surface area contributed by atoms with Gasteiger partial charge in [0.2, 0.25) is 0 Å². The van der Waals surface area contributed by atoms with Gasteiger partial charge in [-0.3, -0.25) is 0 Å². The van der Waals surface area contributed by atoms with Gasteiger partial charge in [-0.2, -0.15) is 0 Å². The first-order valence-electron chi connectivity index (χ1n) is 7.00. The Morgan fingerprint density at radius 1 is 1.19 bits per heavy atom. The molecule has 2 saturated carbocycles. The van der Waals surface area contributed by atoms with Gasteiger partial charge in [0, 0.05) is 18.7 Å². The molecule has 1 N–H and O–H groups in total. The van der Waals surface area contributed by atoms with Gasteiger partial charge in [0.15, 0.2) is 0 Å². The van der Waals surface area contributed by atoms with Gasteiger partial charge >= 0.3 is 0 Å². The van der Waals surface area contributed by atoms with E-state index in [0.717, 1.165) is 12.5 Å². The molecule has 2 aliphatic carbocycles. The third-order valence-electron chi connectivity index (χ3n) is 4.28. The lowest BCUT2D eigenvalue weighted by Gasteiger charge is -2.34. The fraction of sp³-hybridized carbons (Fsp3) is 1.00. The number of ether oxygens (including phenoxy) is 1. The van der Waals surface area contributed by atoms with Crippen LogP contribution >= 0.6 is 0 Å². The summed E-state index contributed by atoms with van der Waals surface area (Å²) in [4.78, 5) is 0. The summed E-state index contributed by atoms with van der Waals surface area (Å²) >= 11 is 0. The third kappa shape index (κ3) is 3.46. The van der Waals surface area contributed by atoms with Gasteiger partial charge in [-0.1, -0.05) is 25.7 Å². The molecule has 1 atom stereocenters. The second-order valence-electron chi connectivity index (χ2n) is 6.02. The molecule has 0 amide bonds. The van der Waals surface area contributed by atoms with Crippen LogP contribution in [-0.2, 0) is 4.74 Å². The Hall–Kier alpha value is -0.0800. The van der Waals surface area contributed by atoms with Crippen molar-refractivity contribution in [2.45, 2.75) is 69.9 Å². The summed E-state index contributed by atoms with van der Waals surface area (Å²) < 4.78 is 5.36. The van der Waals surface area contributed by atoms with Crippen LogP contribution in [0.2, 0.25) is 0 Å². The molecule has 0 spiro atoms. The summed E-state index contributed by atoms with van der Waals surface area (Å²) in [5.41, 5.74) is 0.377. The van der Waals surface area contributed by atoms with Crippen molar-refractivity contribution in [3.05, 3.63) is 0 Å². The smallest absolute Gasteiger partial charge is 0.0618 e. The van der Waals surface area contributed by atoms with E-state index < -0.39 is 0 Å². The Morgan fingerprint density at radius 3 is 2.31 bits per heavy atom. The average molecular weight is 225 g/mol. The number of hydrogen-bond donors (Lipinski definition) is 1. The fourth-order valence-electron chi connectivity index (χ4n) is 3.07. The van der Waals surface area contributed by atoms with Crippen molar-refractivity contribution in [2.24, 2.45) is 5.92 Å². The van der Waals surface area contributed by atoms with Crippen molar-refractivity contribution in [2.75, 3.05) is 13.7 Å². The van der Waals surface area contributed by atoms with Crippen LogP contribution in [0.15, 0.2) is 0 Å². The molecule has 2 nitrogen and oxygen atoms in total. The zero-order valence-electron chi connectivity index (χ0n) is 10.9. The number of nitrogens with one attached hydrogen (secondary N) is 1. The van der Waals surface area contributed by atoms with E-state index in [-0.39, 0.29) is 0 Å². The lowest BCUT2D eigenvalue weighted by atomic mass is 9.91. The van der Waals surface area contributed by atoms with Crippen LogP contribution in [0.4, 0.5) is 0 Å². The zero-order valence-corrected chi connectivity index (χ0v) is 10.9. The van der Waals surface area contributed by atoms with Crippen LogP contribution in [-0.4, -0.2) is 25.3 Å². The van der Waals surface area contributed by atoms with Crippen molar-refractivity contribution in [3.63, 3.8) is 0 Å². The summed E-state index contributed by atoms with van der Waals surface area (Å²) in [6, 6.07) is 0.605. The Kier molecular flexibility index (Phi) is 4.26. The molecule has 0 aromatic rings. The Balaban J connectivity index is 1.88. The van der Waals surface area contributed by atoms with E-state index in [0.29, 0.717) is 11.6 Å². The second-order valence-corrected chi connectivity index (χ2v) is 6.02. The monoisotopic (exact) mass is 225 g/mol. The molecule has 0 aromatic carbocycles. The molecule has 0 radical (unpaired) electrons. The molecule has 2 fully saturated rings. The lowest BCUT2D eigenvalue weighted by Crippen LogP contribution is -2.50. The molecule has 0 aliphatic heterocycles. The van der Waals surface area contributed by atoms with Crippen molar-refractivity contribution in [1.82, 2.24) is 5.32 Å². The van der Waals surface area contributed by atoms with Crippen LogP contribution in [0.1, 0.15) is 58.3 Å². The molecule has 2 aliphatic rings. The van der Waals surface area contributed by atoms with Crippen LogP contribution in [0.25, 0.3) is 0 Å². The normalized spacial score (nSPS) is 27.4. The molecule has 0 saturated heterocycles. The van der Waals surface area contributed by atoms with Crippen LogP contribution in [0.5, 0.6) is 0 Å². The van der Waals surface area contributed by atoms with E-state index in [9.17, 15) is 0 Å². The average Bonchev–Trinajstić information content (AvgIpc) is 3.04. The van der Waals surface area contributed by atoms with Gasteiger partial charge in [0.05, 0.1) is 6.61 Å². The maximum absolute atomic E-state index is 5.36. The molecular weight excluding hydrogens is 198 g/mol.